The van der Waals surface area contributed by atoms with E-state index in [0.29, 0.717) is 30.5 Å². The molecular formula is C24H26FN3O2. The topological polar surface area (TPSA) is 58.4 Å². The van der Waals surface area contributed by atoms with Crippen LogP contribution in [-0.2, 0) is 11.2 Å². The maximum absolute atomic E-state index is 13.0. The Balaban J connectivity index is 1.24. The van der Waals surface area contributed by atoms with Gasteiger partial charge in [-0.05, 0) is 43.2 Å². The Morgan fingerprint density at radius 2 is 2.00 bits per heavy atom. The van der Waals surface area contributed by atoms with Crippen molar-refractivity contribution in [1.82, 2.24) is 15.2 Å². The maximum atomic E-state index is 13.0. The molecule has 156 valence electrons. The predicted molar refractivity (Wildman–Crippen MR) is 113 cm³/mol. The molecule has 0 radical (unpaired) electrons. The first-order chi connectivity index (χ1) is 14.6. The molecule has 1 aliphatic rings. The van der Waals surface area contributed by atoms with Crippen LogP contribution in [0.4, 0.5) is 4.39 Å². The third-order valence-electron chi connectivity index (χ3n) is 5.66. The molecule has 30 heavy (non-hydrogen) atoms. The third-order valence-corrected chi connectivity index (χ3v) is 5.66. The lowest BCUT2D eigenvalue weighted by Crippen LogP contribution is -2.37. The van der Waals surface area contributed by atoms with Gasteiger partial charge in [0.2, 0.25) is 5.91 Å². The van der Waals surface area contributed by atoms with Gasteiger partial charge in [0.25, 0.3) is 0 Å². The number of benzene rings is 2. The Labute approximate surface area is 175 Å². The number of hydrogen-bond donors (Lipinski definition) is 1. The zero-order chi connectivity index (χ0) is 20.9. The summed E-state index contributed by atoms with van der Waals surface area (Å²) in [5, 5.41) is 3.14. The second kappa shape index (κ2) is 9.22. The SMILES string of the molecule is CC(c1ccccc1)N1CCC(NC(=O)CCc2ncc(-c3ccc(F)cc3)o2)C1. The van der Waals surface area contributed by atoms with Crippen molar-refractivity contribution in [3.05, 3.63) is 78.1 Å². The third kappa shape index (κ3) is 4.94. The Kier molecular flexibility index (Phi) is 6.23. The number of carbonyl (C=O) groups excluding carboxylic acids is 1. The molecule has 1 N–H and O–H groups in total. The van der Waals surface area contributed by atoms with Crippen molar-refractivity contribution in [1.29, 1.82) is 0 Å². The van der Waals surface area contributed by atoms with Crippen molar-refractivity contribution >= 4 is 5.91 Å². The molecule has 1 amide bonds. The molecule has 3 aromatic rings. The summed E-state index contributed by atoms with van der Waals surface area (Å²) in [4.78, 5) is 19.0. The number of oxazole rings is 1. The van der Waals surface area contributed by atoms with Gasteiger partial charge >= 0.3 is 0 Å². The van der Waals surface area contributed by atoms with E-state index in [1.54, 1.807) is 18.3 Å². The van der Waals surface area contributed by atoms with Crippen molar-refractivity contribution in [2.45, 2.75) is 38.3 Å². The van der Waals surface area contributed by atoms with Gasteiger partial charge < -0.3 is 9.73 Å². The highest BCUT2D eigenvalue weighted by molar-refractivity contribution is 5.76. The Morgan fingerprint density at radius 3 is 2.77 bits per heavy atom. The smallest absolute Gasteiger partial charge is 0.220 e. The summed E-state index contributed by atoms with van der Waals surface area (Å²) < 4.78 is 18.8. The summed E-state index contributed by atoms with van der Waals surface area (Å²) in [6.45, 7) is 4.04. The molecule has 1 fully saturated rings. The van der Waals surface area contributed by atoms with Crippen molar-refractivity contribution in [3.63, 3.8) is 0 Å². The lowest BCUT2D eigenvalue weighted by atomic mass is 10.1. The van der Waals surface area contributed by atoms with Gasteiger partial charge in [-0.15, -0.1) is 0 Å². The molecule has 1 saturated heterocycles. The van der Waals surface area contributed by atoms with E-state index >= 15 is 0 Å². The quantitative estimate of drug-likeness (QED) is 0.632. The average Bonchev–Trinajstić information content (AvgIpc) is 3.43. The van der Waals surface area contributed by atoms with Gasteiger partial charge in [-0.2, -0.15) is 0 Å². The van der Waals surface area contributed by atoms with Crippen molar-refractivity contribution in [2.24, 2.45) is 0 Å². The molecule has 5 nitrogen and oxygen atoms in total. The predicted octanol–water partition coefficient (Wildman–Crippen LogP) is 4.37. The Morgan fingerprint density at radius 1 is 1.23 bits per heavy atom. The van der Waals surface area contributed by atoms with Crippen LogP contribution in [0.2, 0.25) is 0 Å². The molecule has 0 bridgehead atoms. The van der Waals surface area contributed by atoms with Crippen LogP contribution in [0.5, 0.6) is 0 Å². The molecule has 1 aromatic heterocycles. The molecule has 2 unspecified atom stereocenters. The summed E-state index contributed by atoms with van der Waals surface area (Å²) in [6, 6.07) is 17.0. The van der Waals surface area contributed by atoms with Crippen molar-refractivity contribution in [2.75, 3.05) is 13.1 Å². The van der Waals surface area contributed by atoms with Gasteiger partial charge in [0.15, 0.2) is 11.7 Å². The highest BCUT2D eigenvalue weighted by Crippen LogP contribution is 2.25. The second-order valence-corrected chi connectivity index (χ2v) is 7.76. The fraction of sp³-hybridized carbons (Fsp3) is 0.333. The van der Waals surface area contributed by atoms with Gasteiger partial charge in [-0.3, -0.25) is 9.69 Å². The summed E-state index contributed by atoms with van der Waals surface area (Å²) in [5.41, 5.74) is 2.06. The zero-order valence-corrected chi connectivity index (χ0v) is 17.1. The van der Waals surface area contributed by atoms with Crippen LogP contribution < -0.4 is 5.32 Å². The van der Waals surface area contributed by atoms with Crippen LogP contribution in [0.3, 0.4) is 0 Å². The summed E-state index contributed by atoms with van der Waals surface area (Å²) in [7, 11) is 0. The molecule has 2 heterocycles. The van der Waals surface area contributed by atoms with Crippen LogP contribution >= 0.6 is 0 Å². The van der Waals surface area contributed by atoms with Crippen LogP contribution in [0.25, 0.3) is 11.3 Å². The molecule has 2 aromatic carbocycles. The van der Waals surface area contributed by atoms with E-state index in [-0.39, 0.29) is 17.8 Å². The summed E-state index contributed by atoms with van der Waals surface area (Å²) in [6.07, 6.45) is 3.33. The standard InChI is InChI=1S/C24H26FN3O2/c1-17(18-5-3-2-4-6-18)28-14-13-21(16-28)27-23(29)11-12-24-26-15-22(30-24)19-7-9-20(25)10-8-19/h2-10,15,17,21H,11-14,16H2,1H3,(H,27,29). The number of rotatable bonds is 7. The number of amides is 1. The first-order valence-corrected chi connectivity index (χ1v) is 10.4. The number of carbonyl (C=O) groups is 1. The second-order valence-electron chi connectivity index (χ2n) is 7.76. The van der Waals surface area contributed by atoms with Crippen molar-refractivity contribution < 1.29 is 13.6 Å². The first kappa shape index (κ1) is 20.3. The minimum atomic E-state index is -0.293. The molecule has 6 heteroatoms. The van der Waals surface area contributed by atoms with E-state index < -0.39 is 0 Å². The highest BCUT2D eigenvalue weighted by Gasteiger charge is 2.27. The van der Waals surface area contributed by atoms with E-state index in [1.807, 2.05) is 6.07 Å². The van der Waals surface area contributed by atoms with Crippen LogP contribution in [0.15, 0.2) is 65.2 Å². The highest BCUT2D eigenvalue weighted by atomic mass is 19.1. The molecule has 0 spiro atoms. The van der Waals surface area contributed by atoms with Crippen LogP contribution in [-0.4, -0.2) is 34.9 Å². The van der Waals surface area contributed by atoms with Gasteiger partial charge in [0.05, 0.1) is 6.20 Å². The number of nitrogens with one attached hydrogen (secondary N) is 1. The fourth-order valence-corrected chi connectivity index (χ4v) is 3.89. The van der Waals surface area contributed by atoms with E-state index in [9.17, 15) is 9.18 Å². The zero-order valence-electron chi connectivity index (χ0n) is 17.1. The minimum absolute atomic E-state index is 0.00995. The van der Waals surface area contributed by atoms with E-state index in [4.69, 9.17) is 4.42 Å². The number of hydrogen-bond acceptors (Lipinski definition) is 4. The minimum Gasteiger partial charge on any atom is -0.441 e. The van der Waals surface area contributed by atoms with E-state index in [0.717, 1.165) is 25.1 Å². The summed E-state index contributed by atoms with van der Waals surface area (Å²) >= 11 is 0. The first-order valence-electron chi connectivity index (χ1n) is 10.4. The molecule has 4 rings (SSSR count). The molecular weight excluding hydrogens is 381 g/mol. The number of aryl methyl sites for hydroxylation is 1. The van der Waals surface area contributed by atoms with E-state index in [1.165, 1.54) is 17.7 Å². The largest absolute Gasteiger partial charge is 0.441 e. The van der Waals surface area contributed by atoms with Crippen LogP contribution in [0.1, 0.15) is 37.3 Å². The summed E-state index contributed by atoms with van der Waals surface area (Å²) in [5.74, 6) is 0.802. The van der Waals surface area contributed by atoms with Gasteiger partial charge in [0.1, 0.15) is 5.82 Å². The molecule has 0 saturated carbocycles. The van der Waals surface area contributed by atoms with E-state index in [2.05, 4.69) is 46.4 Å². The molecule has 1 aliphatic heterocycles. The lowest BCUT2D eigenvalue weighted by Gasteiger charge is -2.24. The number of halogens is 1. The number of aromatic nitrogens is 1. The maximum Gasteiger partial charge on any atom is 0.220 e. The van der Waals surface area contributed by atoms with Crippen LogP contribution in [0, 0.1) is 5.82 Å². The van der Waals surface area contributed by atoms with Gasteiger partial charge in [0, 0.05) is 43.6 Å². The number of nitrogens with zero attached hydrogens (tertiary/aromatic N) is 2. The monoisotopic (exact) mass is 407 g/mol. The lowest BCUT2D eigenvalue weighted by molar-refractivity contribution is -0.121. The van der Waals surface area contributed by atoms with Gasteiger partial charge in [-0.25, -0.2) is 9.37 Å². The normalized spacial score (nSPS) is 17.7. The van der Waals surface area contributed by atoms with Crippen molar-refractivity contribution in [3.8, 4) is 11.3 Å². The van der Waals surface area contributed by atoms with Gasteiger partial charge in [-0.1, -0.05) is 30.3 Å². The average molecular weight is 407 g/mol. The Bertz CT molecular complexity index is 972. The Hall–Kier alpha value is -2.99. The molecule has 0 aliphatic carbocycles. The fourth-order valence-electron chi connectivity index (χ4n) is 3.89. The molecule has 2 atom stereocenters. The number of likely N-dealkylation sites (tertiary alicyclic amines) is 1.